The van der Waals surface area contributed by atoms with Crippen LogP contribution >= 0.6 is 34.8 Å². The van der Waals surface area contributed by atoms with Crippen LogP contribution in [0.4, 0.5) is 0 Å². The van der Waals surface area contributed by atoms with Crippen molar-refractivity contribution in [2.45, 2.75) is 6.92 Å². The Kier molecular flexibility index (Phi) is 4.81. The molecule has 3 aromatic rings. The average Bonchev–Trinajstić information content (AvgIpc) is 2.86. The van der Waals surface area contributed by atoms with Gasteiger partial charge in [0.1, 0.15) is 5.69 Å². The molecule has 24 heavy (non-hydrogen) atoms. The summed E-state index contributed by atoms with van der Waals surface area (Å²) in [6, 6.07) is 10.5. The summed E-state index contributed by atoms with van der Waals surface area (Å²) >= 11 is 18.0. The van der Waals surface area contributed by atoms with Gasteiger partial charge in [-0.15, -0.1) is 0 Å². The third-order valence-corrected chi connectivity index (χ3v) is 4.31. The number of carbonyl (C=O) groups is 1. The molecule has 1 amide bonds. The lowest BCUT2D eigenvalue weighted by Crippen LogP contribution is -2.18. The fourth-order valence-corrected chi connectivity index (χ4v) is 3.17. The van der Waals surface area contributed by atoms with E-state index in [9.17, 15) is 4.79 Å². The first-order valence-corrected chi connectivity index (χ1v) is 8.15. The summed E-state index contributed by atoms with van der Waals surface area (Å²) in [5.74, 6) is -0.360. The Bertz CT molecular complexity index is 946. The number of aromatic nitrogens is 1. The first-order chi connectivity index (χ1) is 11.5. The van der Waals surface area contributed by atoms with Crippen LogP contribution in [0.15, 0.2) is 41.5 Å². The number of benzene rings is 2. The smallest absolute Gasteiger partial charge is 0.288 e. The molecule has 122 valence electrons. The quantitative estimate of drug-likeness (QED) is 0.476. The number of hydrazone groups is 1. The van der Waals surface area contributed by atoms with E-state index < -0.39 is 0 Å². The van der Waals surface area contributed by atoms with Crippen molar-refractivity contribution in [3.8, 4) is 0 Å². The first kappa shape index (κ1) is 16.8. The van der Waals surface area contributed by atoms with Crippen molar-refractivity contribution in [2.24, 2.45) is 5.10 Å². The maximum Gasteiger partial charge on any atom is 0.288 e. The highest BCUT2D eigenvalue weighted by atomic mass is 35.5. The molecule has 0 radical (unpaired) electrons. The number of nitrogens with one attached hydrogen (secondary N) is 2. The predicted molar refractivity (Wildman–Crippen MR) is 99.6 cm³/mol. The lowest BCUT2D eigenvalue weighted by Gasteiger charge is -1.99. The van der Waals surface area contributed by atoms with Gasteiger partial charge in [-0.25, -0.2) is 5.43 Å². The van der Waals surface area contributed by atoms with E-state index in [-0.39, 0.29) is 5.91 Å². The number of carbonyl (C=O) groups excluding carboxylic acids is 1. The third-order valence-electron chi connectivity index (χ3n) is 3.54. The van der Waals surface area contributed by atoms with Crippen molar-refractivity contribution in [3.05, 3.63) is 68.3 Å². The standard InChI is InChI=1S/C17H12Cl3N3O/c1-9-15-13(20)6-12(19)7-14(15)22-16(9)17(24)23-21-8-10-2-4-11(18)5-3-10/h2-8,22H,1H3,(H,23,24). The molecule has 0 bridgehead atoms. The summed E-state index contributed by atoms with van der Waals surface area (Å²) in [5, 5.41) is 6.36. The number of fused-ring (bicyclic) bond motifs is 1. The van der Waals surface area contributed by atoms with Crippen LogP contribution in [0.25, 0.3) is 10.9 Å². The number of aromatic amines is 1. The summed E-state index contributed by atoms with van der Waals surface area (Å²) in [6.07, 6.45) is 1.54. The SMILES string of the molecule is Cc1c(C(=O)NN=Cc2ccc(Cl)cc2)[nH]c2cc(Cl)cc(Cl)c12. The first-order valence-electron chi connectivity index (χ1n) is 7.02. The number of nitrogens with zero attached hydrogens (tertiary/aromatic N) is 1. The van der Waals surface area contributed by atoms with Gasteiger partial charge in [0.05, 0.1) is 11.2 Å². The number of rotatable bonds is 3. The van der Waals surface area contributed by atoms with Crippen LogP contribution in [0.5, 0.6) is 0 Å². The second-order valence-electron chi connectivity index (χ2n) is 5.19. The van der Waals surface area contributed by atoms with Crippen molar-refractivity contribution in [2.75, 3.05) is 0 Å². The van der Waals surface area contributed by atoms with Gasteiger partial charge in [0.25, 0.3) is 5.91 Å². The van der Waals surface area contributed by atoms with E-state index in [1.54, 1.807) is 36.4 Å². The molecule has 0 aliphatic rings. The summed E-state index contributed by atoms with van der Waals surface area (Å²) in [7, 11) is 0. The molecular formula is C17H12Cl3N3O. The zero-order valence-corrected chi connectivity index (χ0v) is 14.8. The molecule has 0 saturated heterocycles. The average molecular weight is 381 g/mol. The Morgan fingerprint density at radius 2 is 1.83 bits per heavy atom. The number of H-pyrrole nitrogens is 1. The minimum Gasteiger partial charge on any atom is -0.350 e. The van der Waals surface area contributed by atoms with E-state index in [0.29, 0.717) is 26.3 Å². The van der Waals surface area contributed by atoms with E-state index >= 15 is 0 Å². The van der Waals surface area contributed by atoms with Crippen molar-refractivity contribution < 1.29 is 4.79 Å². The molecule has 2 N–H and O–H groups in total. The highest BCUT2D eigenvalue weighted by Gasteiger charge is 2.16. The van der Waals surface area contributed by atoms with Crippen LogP contribution in [0, 0.1) is 6.92 Å². The Morgan fingerprint density at radius 3 is 2.54 bits per heavy atom. The van der Waals surface area contributed by atoms with Gasteiger partial charge in [-0.1, -0.05) is 46.9 Å². The molecule has 3 rings (SSSR count). The van der Waals surface area contributed by atoms with E-state index in [1.807, 2.05) is 6.92 Å². The molecule has 0 unspecified atom stereocenters. The predicted octanol–water partition coefficient (Wildman–Crippen LogP) is 5.20. The Balaban J connectivity index is 1.82. The van der Waals surface area contributed by atoms with E-state index in [2.05, 4.69) is 15.5 Å². The van der Waals surface area contributed by atoms with Gasteiger partial charge in [0, 0.05) is 20.9 Å². The topological polar surface area (TPSA) is 57.2 Å². The third kappa shape index (κ3) is 3.41. The Hall–Kier alpha value is -2.01. The van der Waals surface area contributed by atoms with Crippen molar-refractivity contribution in [1.29, 1.82) is 0 Å². The fourth-order valence-electron chi connectivity index (χ4n) is 2.40. The molecule has 0 atom stereocenters. The van der Waals surface area contributed by atoms with Crippen LogP contribution in [0.3, 0.4) is 0 Å². The fraction of sp³-hybridized carbons (Fsp3) is 0.0588. The van der Waals surface area contributed by atoms with Crippen LogP contribution in [-0.4, -0.2) is 17.1 Å². The highest BCUT2D eigenvalue weighted by Crippen LogP contribution is 2.31. The molecule has 2 aromatic carbocycles. The molecule has 0 spiro atoms. The normalized spacial score (nSPS) is 11.3. The van der Waals surface area contributed by atoms with Gasteiger partial charge in [-0.05, 0) is 42.3 Å². The summed E-state index contributed by atoms with van der Waals surface area (Å²) in [6.45, 7) is 1.82. The number of aryl methyl sites for hydroxylation is 1. The maximum absolute atomic E-state index is 12.3. The highest BCUT2D eigenvalue weighted by molar-refractivity contribution is 6.39. The molecule has 1 aromatic heterocycles. The summed E-state index contributed by atoms with van der Waals surface area (Å²) in [5.41, 5.74) is 5.15. The number of hydrogen-bond donors (Lipinski definition) is 2. The minimum absolute atomic E-state index is 0.360. The zero-order valence-electron chi connectivity index (χ0n) is 12.5. The zero-order chi connectivity index (χ0) is 17.3. The van der Waals surface area contributed by atoms with Crippen LogP contribution < -0.4 is 5.43 Å². The van der Waals surface area contributed by atoms with Gasteiger partial charge in [0.15, 0.2) is 0 Å². The summed E-state index contributed by atoms with van der Waals surface area (Å²) < 4.78 is 0. The molecule has 0 aliphatic heterocycles. The van der Waals surface area contributed by atoms with Gasteiger partial charge in [-0.2, -0.15) is 5.10 Å². The maximum atomic E-state index is 12.3. The number of hydrogen-bond acceptors (Lipinski definition) is 2. The lowest BCUT2D eigenvalue weighted by molar-refractivity contribution is 0.0950. The largest absolute Gasteiger partial charge is 0.350 e. The summed E-state index contributed by atoms with van der Waals surface area (Å²) in [4.78, 5) is 15.4. The van der Waals surface area contributed by atoms with Crippen molar-refractivity contribution >= 4 is 57.8 Å². The number of amides is 1. The second kappa shape index (κ2) is 6.85. The van der Waals surface area contributed by atoms with Crippen molar-refractivity contribution in [3.63, 3.8) is 0 Å². The van der Waals surface area contributed by atoms with Crippen LogP contribution in [0.1, 0.15) is 21.6 Å². The number of halogens is 3. The van der Waals surface area contributed by atoms with Gasteiger partial charge in [-0.3, -0.25) is 4.79 Å². The molecule has 0 fully saturated rings. The Labute approximate surface area is 153 Å². The van der Waals surface area contributed by atoms with Crippen LogP contribution in [0.2, 0.25) is 15.1 Å². The monoisotopic (exact) mass is 379 g/mol. The van der Waals surface area contributed by atoms with E-state index in [1.165, 1.54) is 6.21 Å². The lowest BCUT2D eigenvalue weighted by atomic mass is 10.1. The van der Waals surface area contributed by atoms with Crippen molar-refractivity contribution in [1.82, 2.24) is 10.4 Å². The molecule has 0 aliphatic carbocycles. The van der Waals surface area contributed by atoms with Gasteiger partial charge >= 0.3 is 0 Å². The van der Waals surface area contributed by atoms with E-state index in [0.717, 1.165) is 16.5 Å². The van der Waals surface area contributed by atoms with Gasteiger partial charge < -0.3 is 4.98 Å². The van der Waals surface area contributed by atoms with E-state index in [4.69, 9.17) is 34.8 Å². The molecule has 1 heterocycles. The molecular weight excluding hydrogens is 369 g/mol. The molecule has 7 heteroatoms. The minimum atomic E-state index is -0.360. The van der Waals surface area contributed by atoms with Gasteiger partial charge in [0.2, 0.25) is 0 Å². The Morgan fingerprint density at radius 1 is 1.12 bits per heavy atom. The van der Waals surface area contributed by atoms with Crippen LogP contribution in [-0.2, 0) is 0 Å². The second-order valence-corrected chi connectivity index (χ2v) is 6.47. The molecule has 4 nitrogen and oxygen atoms in total. The molecule has 0 saturated carbocycles.